The summed E-state index contributed by atoms with van der Waals surface area (Å²) in [5, 5.41) is 13.0. The first kappa shape index (κ1) is 43.5. The molecule has 0 amide bonds. The first-order chi connectivity index (χ1) is 29.5. The van der Waals surface area contributed by atoms with E-state index in [0.717, 1.165) is 61.3 Å². The molecule has 2 aromatic heterocycles. The smallest absolute Gasteiger partial charge is 0.239 e. The molecule has 1 unspecified atom stereocenters. The first-order valence-electron chi connectivity index (χ1n) is 22.5. The molecule has 0 saturated carbocycles. The van der Waals surface area contributed by atoms with E-state index in [1.807, 2.05) is 76.2 Å². The number of carbonyl (C=O) groups excluding carboxylic acids is 1. The van der Waals surface area contributed by atoms with Crippen LogP contribution in [0.1, 0.15) is 116 Å². The second kappa shape index (κ2) is 22.3. The second-order valence-electron chi connectivity index (χ2n) is 17.1. The molecule has 0 aliphatic carbocycles. The van der Waals surface area contributed by atoms with Crippen LogP contribution in [0.5, 0.6) is 0 Å². The van der Waals surface area contributed by atoms with Crippen LogP contribution in [0.3, 0.4) is 0 Å². The van der Waals surface area contributed by atoms with Crippen LogP contribution in [-0.2, 0) is 35.7 Å². The average molecular weight is 993 g/mol. The van der Waals surface area contributed by atoms with Gasteiger partial charge in [-0.3, -0.25) is 4.79 Å². The molecule has 6 aromatic rings. The number of benzene rings is 4. The molecule has 0 fully saturated rings. The minimum Gasteiger partial charge on any atom is -0.512 e. The van der Waals surface area contributed by atoms with Crippen LogP contribution in [0.25, 0.3) is 44.1 Å². The molecule has 4 aromatic carbocycles. The van der Waals surface area contributed by atoms with Crippen LogP contribution in [0.4, 0.5) is 8.78 Å². The number of aliphatic hydroxyl groups is 1. The number of allylic oxidation sites excluding steroid dienone is 2. The Balaban J connectivity index is 0.000000257. The molecule has 7 heteroatoms. The van der Waals surface area contributed by atoms with E-state index in [-0.39, 0.29) is 72.8 Å². The number of fused-ring (bicyclic) bond motifs is 2. The summed E-state index contributed by atoms with van der Waals surface area (Å²) in [6.07, 6.45) is 0.0947. The Kier molecular flexibility index (Phi) is 16.2. The minimum atomic E-state index is -2.46. The summed E-state index contributed by atoms with van der Waals surface area (Å²) in [4.78, 5) is 20.5. The quantitative estimate of drug-likeness (QED) is 0.0844. The predicted molar refractivity (Wildman–Crippen MR) is 243 cm³/mol. The molecule has 0 bridgehead atoms. The van der Waals surface area contributed by atoms with Crippen molar-refractivity contribution in [3.8, 4) is 22.5 Å². The van der Waals surface area contributed by atoms with Gasteiger partial charge in [-0.1, -0.05) is 125 Å². The van der Waals surface area contributed by atoms with Gasteiger partial charge in [0, 0.05) is 56.8 Å². The van der Waals surface area contributed by atoms with E-state index >= 15 is 0 Å². The fraction of sp³-hybridized carbons (Fsp3) is 0.377. The van der Waals surface area contributed by atoms with Crippen molar-refractivity contribution < 1.29 is 44.3 Å². The third kappa shape index (κ3) is 13.7. The summed E-state index contributed by atoms with van der Waals surface area (Å²) in [6, 6.07) is 30.9. The Morgan fingerprint density at radius 2 is 1.12 bits per heavy atom. The number of carbonyl (C=O) groups is 1. The number of rotatable bonds is 10. The van der Waals surface area contributed by atoms with E-state index in [1.54, 1.807) is 6.92 Å². The number of aromatic nitrogens is 2. The Morgan fingerprint density at radius 3 is 1.48 bits per heavy atom. The van der Waals surface area contributed by atoms with Gasteiger partial charge in [0.05, 0.1) is 11.2 Å². The normalized spacial score (nSPS) is 13.3. The zero-order valence-electron chi connectivity index (χ0n) is 40.9. The largest absolute Gasteiger partial charge is 0.512 e. The van der Waals surface area contributed by atoms with E-state index in [2.05, 4.69) is 87.9 Å². The van der Waals surface area contributed by atoms with Crippen molar-refractivity contribution in [3.05, 3.63) is 143 Å². The van der Waals surface area contributed by atoms with E-state index in [0.29, 0.717) is 19.3 Å². The number of halogens is 2. The van der Waals surface area contributed by atoms with Crippen molar-refractivity contribution in [2.75, 3.05) is 0 Å². The number of hydrogen-bond donors (Lipinski definition) is 1. The van der Waals surface area contributed by atoms with E-state index in [9.17, 15) is 18.7 Å². The Hall–Kier alpha value is -4.58. The molecule has 321 valence electrons. The molecule has 0 saturated heterocycles. The molecule has 1 atom stereocenters. The molecule has 0 aliphatic heterocycles. The maximum Gasteiger partial charge on any atom is 0.239 e. The summed E-state index contributed by atoms with van der Waals surface area (Å²) in [7, 11) is 0. The van der Waals surface area contributed by atoms with Gasteiger partial charge >= 0.3 is 0 Å². The van der Waals surface area contributed by atoms with Crippen LogP contribution in [0.15, 0.2) is 109 Å². The Bertz CT molecular complexity index is 2430. The number of pyridine rings is 2. The Labute approximate surface area is 377 Å². The van der Waals surface area contributed by atoms with Gasteiger partial charge < -0.3 is 15.1 Å². The van der Waals surface area contributed by atoms with Gasteiger partial charge in [0.15, 0.2) is 5.78 Å². The fourth-order valence-corrected chi connectivity index (χ4v) is 6.75. The number of aryl methyl sites for hydroxylation is 2. The zero-order chi connectivity index (χ0) is 47.0. The number of ketones is 1. The van der Waals surface area contributed by atoms with Crippen LogP contribution in [0, 0.1) is 37.8 Å². The molecule has 0 spiro atoms. The molecule has 1 N–H and O–H groups in total. The van der Waals surface area contributed by atoms with Gasteiger partial charge in [-0.05, 0) is 75.1 Å². The molecule has 1 radical (unpaired) electrons. The van der Waals surface area contributed by atoms with Gasteiger partial charge in [-0.25, -0.2) is 8.78 Å². The fourth-order valence-electron chi connectivity index (χ4n) is 6.75. The molecule has 6 rings (SSSR count). The molecule has 0 aliphatic rings. The van der Waals surface area contributed by atoms with E-state index < -0.39 is 18.8 Å². The third-order valence-electron chi connectivity index (χ3n) is 10.4. The summed E-state index contributed by atoms with van der Waals surface area (Å²) in [5.74, 6) is -1.11. The van der Waals surface area contributed by atoms with E-state index in [4.69, 9.17) is 5.48 Å². The van der Waals surface area contributed by atoms with Crippen molar-refractivity contribution in [2.45, 2.75) is 119 Å². The van der Waals surface area contributed by atoms with Crippen molar-refractivity contribution >= 4 is 27.3 Å². The topological polar surface area (TPSA) is 63.1 Å². The molecular weight excluding hydrogens is 927 g/mol. The number of nitrogens with zero attached hydrogens (tertiary/aromatic N) is 2. The molecule has 60 heavy (non-hydrogen) atoms. The maximum absolute atomic E-state index is 12.2. The van der Waals surface area contributed by atoms with Gasteiger partial charge in [0.25, 0.3) is 0 Å². The molecule has 4 nitrogen and oxygen atoms in total. The minimum absolute atomic E-state index is 0. The van der Waals surface area contributed by atoms with Gasteiger partial charge in [-0.15, -0.1) is 69.8 Å². The van der Waals surface area contributed by atoms with E-state index in [1.165, 1.54) is 11.1 Å². The first-order valence-corrected chi connectivity index (χ1v) is 20.5. The third-order valence-corrected chi connectivity index (χ3v) is 10.4. The summed E-state index contributed by atoms with van der Waals surface area (Å²) in [6.45, 7) is 22.7. The number of alkyl halides is 2. The molecule has 2 heterocycles. The van der Waals surface area contributed by atoms with Crippen LogP contribution in [0.2, 0.25) is 0 Å². The van der Waals surface area contributed by atoms with Crippen LogP contribution in [-0.4, -0.2) is 27.3 Å². The summed E-state index contributed by atoms with van der Waals surface area (Å²) >= 11 is 0. The van der Waals surface area contributed by atoms with Crippen molar-refractivity contribution in [2.24, 2.45) is 11.8 Å². The Morgan fingerprint density at radius 1 is 0.717 bits per heavy atom. The van der Waals surface area contributed by atoms with Crippen molar-refractivity contribution in [1.82, 2.24) is 9.97 Å². The summed E-state index contributed by atoms with van der Waals surface area (Å²) < 4.78 is 56.6. The molecular formula is C53H62F2IrN2O2-2. The predicted octanol–water partition coefficient (Wildman–Crippen LogP) is 14.7. The maximum atomic E-state index is 12.2. The summed E-state index contributed by atoms with van der Waals surface area (Å²) in [5.41, 5.74) is 7.85. The monoisotopic (exact) mass is 993 g/mol. The van der Waals surface area contributed by atoms with Gasteiger partial charge in [0.2, 0.25) is 6.43 Å². The average Bonchev–Trinajstić information content (AvgIpc) is 3.22. The number of hydrogen-bond acceptors (Lipinski definition) is 4. The van der Waals surface area contributed by atoms with Crippen molar-refractivity contribution in [1.29, 1.82) is 0 Å². The van der Waals surface area contributed by atoms with Crippen molar-refractivity contribution in [3.63, 3.8) is 0 Å². The standard InChI is InChI=1S/2C20H20N.C13H22F2O2.Ir/c2*1-14-11-16(13-17(12-14)20(2,3)4)19-18-8-6-5-7-15(18)9-10-21-19;1-4-9(5-2)11(16)8-12(17)10(6-3)7-13(14)15;/h2*5-10,12-13H,1-4H3;8-10,13,17H,4-7H2,1-3H3;/q2*-1;;/b;;12-8-;/i2*9D,10D;;. The van der Waals surface area contributed by atoms with Gasteiger partial charge in [-0.2, -0.15) is 0 Å². The van der Waals surface area contributed by atoms with Crippen LogP contribution < -0.4 is 0 Å². The SMILES string of the molecule is CCC(CC)C(=O)/C=C(\O)C(CC)CC(F)F.[2H]c1nc(-c2[c-]c(C)cc(C(C)(C)C)c2)c2ccccc2c1[2H].[2H]c1nc(-c2[c-]c(C)cc(C(C)(C)C)c2)c2ccccc2c1[2H].[Ir]. The van der Waals surface area contributed by atoms with Gasteiger partial charge in [0.1, 0.15) is 0 Å². The number of aliphatic hydroxyl groups excluding tert-OH is 1. The van der Waals surface area contributed by atoms with Crippen LogP contribution >= 0.6 is 0 Å². The zero-order valence-corrected chi connectivity index (χ0v) is 39.3. The second-order valence-corrected chi connectivity index (χ2v) is 17.1.